The van der Waals surface area contributed by atoms with Crippen LogP contribution in [0.4, 0.5) is 4.79 Å². The van der Waals surface area contributed by atoms with Crippen molar-refractivity contribution in [3.63, 3.8) is 0 Å². The molecule has 4 N–H and O–H groups in total. The SMILES string of the molecule is COC(=O)NCCCC[C@@H](N)C(=O)O. The van der Waals surface area contributed by atoms with Crippen molar-refractivity contribution in [3.05, 3.63) is 0 Å². The molecule has 0 aliphatic rings. The van der Waals surface area contributed by atoms with Crippen molar-refractivity contribution in [2.24, 2.45) is 5.73 Å². The van der Waals surface area contributed by atoms with Gasteiger partial charge in [0.05, 0.1) is 7.11 Å². The molecule has 0 fully saturated rings. The molecule has 82 valence electrons. The Bertz CT molecular complexity index is 196. The standard InChI is InChI=1S/C8H16N2O4/c1-14-8(13)10-5-3-2-4-6(9)7(11)12/h6H,2-5,9H2,1H3,(H,10,13)(H,11,12)/t6-/m1/s1. The van der Waals surface area contributed by atoms with Crippen LogP contribution in [0, 0.1) is 0 Å². The number of amides is 1. The molecule has 0 saturated carbocycles. The predicted molar refractivity (Wildman–Crippen MR) is 49.9 cm³/mol. The second-order valence-electron chi connectivity index (χ2n) is 2.86. The molecule has 0 aliphatic carbocycles. The fourth-order valence-corrected chi connectivity index (χ4v) is 0.875. The lowest BCUT2D eigenvalue weighted by Gasteiger charge is -2.06. The van der Waals surface area contributed by atoms with Gasteiger partial charge in [0.1, 0.15) is 6.04 Å². The second-order valence-corrected chi connectivity index (χ2v) is 2.86. The molecular weight excluding hydrogens is 188 g/mol. The molecule has 0 aromatic rings. The van der Waals surface area contributed by atoms with Crippen molar-refractivity contribution in [3.8, 4) is 0 Å². The summed E-state index contributed by atoms with van der Waals surface area (Å²) in [5.74, 6) is -0.995. The Labute approximate surface area is 82.4 Å². The quantitative estimate of drug-likeness (QED) is 0.525. The van der Waals surface area contributed by atoms with Gasteiger partial charge >= 0.3 is 12.1 Å². The van der Waals surface area contributed by atoms with E-state index in [4.69, 9.17) is 10.8 Å². The molecule has 0 rings (SSSR count). The van der Waals surface area contributed by atoms with Crippen LogP contribution in [0.15, 0.2) is 0 Å². The minimum absolute atomic E-state index is 0.415. The highest BCUT2D eigenvalue weighted by atomic mass is 16.5. The van der Waals surface area contributed by atoms with E-state index in [0.29, 0.717) is 25.8 Å². The Kier molecular flexibility index (Phi) is 6.47. The molecule has 0 aromatic carbocycles. The molecule has 14 heavy (non-hydrogen) atoms. The summed E-state index contributed by atoms with van der Waals surface area (Å²) in [7, 11) is 1.29. The number of aliphatic carboxylic acids is 1. The highest BCUT2D eigenvalue weighted by Crippen LogP contribution is 1.98. The molecule has 6 heteroatoms. The number of nitrogens with two attached hydrogens (primary N) is 1. The number of methoxy groups -OCH3 is 1. The topological polar surface area (TPSA) is 102 Å². The number of hydrogen-bond donors (Lipinski definition) is 3. The number of ether oxygens (including phenoxy) is 1. The van der Waals surface area contributed by atoms with Crippen LogP contribution in [0.5, 0.6) is 0 Å². The van der Waals surface area contributed by atoms with Gasteiger partial charge in [-0.2, -0.15) is 0 Å². The van der Waals surface area contributed by atoms with Crippen molar-refractivity contribution in [1.29, 1.82) is 0 Å². The van der Waals surface area contributed by atoms with Crippen LogP contribution in [-0.4, -0.2) is 36.9 Å². The van der Waals surface area contributed by atoms with E-state index in [1.54, 1.807) is 0 Å². The first-order valence-corrected chi connectivity index (χ1v) is 4.38. The first kappa shape index (κ1) is 12.7. The summed E-state index contributed by atoms with van der Waals surface area (Å²) in [6.45, 7) is 0.471. The maximum absolute atomic E-state index is 10.6. The van der Waals surface area contributed by atoms with Crippen LogP contribution in [-0.2, 0) is 9.53 Å². The van der Waals surface area contributed by atoms with Gasteiger partial charge in [-0.3, -0.25) is 4.79 Å². The molecular formula is C8H16N2O4. The molecule has 0 heterocycles. The summed E-state index contributed by atoms with van der Waals surface area (Å²) in [4.78, 5) is 20.9. The molecule has 0 radical (unpaired) electrons. The van der Waals surface area contributed by atoms with Gasteiger partial charge in [-0.05, 0) is 19.3 Å². The number of alkyl carbamates (subject to hydrolysis) is 1. The molecule has 1 atom stereocenters. The predicted octanol–water partition coefficient (Wildman–Crippen LogP) is -0.0754. The number of rotatable bonds is 6. The summed E-state index contributed by atoms with van der Waals surface area (Å²) in [6, 6.07) is -0.812. The molecule has 0 aliphatic heterocycles. The molecule has 1 amide bonds. The van der Waals surface area contributed by atoms with Crippen molar-refractivity contribution in [2.75, 3.05) is 13.7 Å². The minimum atomic E-state index is -0.995. The largest absolute Gasteiger partial charge is 0.480 e. The third-order valence-corrected chi connectivity index (χ3v) is 1.71. The Hall–Kier alpha value is -1.30. The minimum Gasteiger partial charge on any atom is -0.480 e. The fourth-order valence-electron chi connectivity index (χ4n) is 0.875. The van der Waals surface area contributed by atoms with E-state index >= 15 is 0 Å². The molecule has 0 bridgehead atoms. The van der Waals surface area contributed by atoms with Gasteiger partial charge in [0, 0.05) is 6.54 Å². The molecule has 0 unspecified atom stereocenters. The van der Waals surface area contributed by atoms with Gasteiger partial charge in [-0.25, -0.2) is 4.79 Å². The number of carbonyl (C=O) groups excluding carboxylic acids is 1. The highest BCUT2D eigenvalue weighted by Gasteiger charge is 2.09. The number of nitrogens with one attached hydrogen (secondary N) is 1. The van der Waals surface area contributed by atoms with Gasteiger partial charge in [0.2, 0.25) is 0 Å². The lowest BCUT2D eigenvalue weighted by molar-refractivity contribution is -0.138. The van der Waals surface area contributed by atoms with Crippen LogP contribution in [0.1, 0.15) is 19.3 Å². The fraction of sp³-hybridized carbons (Fsp3) is 0.750. The molecule has 0 spiro atoms. The number of carboxylic acid groups (broad SMARTS) is 1. The van der Waals surface area contributed by atoms with Gasteiger partial charge in [0.15, 0.2) is 0 Å². The van der Waals surface area contributed by atoms with E-state index in [1.807, 2.05) is 0 Å². The number of carbonyl (C=O) groups is 2. The monoisotopic (exact) mass is 204 g/mol. The summed E-state index contributed by atoms with van der Waals surface area (Å²) < 4.78 is 4.35. The van der Waals surface area contributed by atoms with Crippen LogP contribution >= 0.6 is 0 Å². The lowest BCUT2D eigenvalue weighted by atomic mass is 10.1. The third-order valence-electron chi connectivity index (χ3n) is 1.71. The summed E-state index contributed by atoms with van der Waals surface area (Å²) in [6.07, 6.45) is 1.29. The van der Waals surface area contributed by atoms with Gasteiger partial charge in [-0.15, -0.1) is 0 Å². The third kappa shape index (κ3) is 6.24. The van der Waals surface area contributed by atoms with Crippen LogP contribution in [0.25, 0.3) is 0 Å². The van der Waals surface area contributed by atoms with Crippen molar-refractivity contribution in [2.45, 2.75) is 25.3 Å². The van der Waals surface area contributed by atoms with Crippen molar-refractivity contribution >= 4 is 12.1 Å². The number of carboxylic acids is 1. The maximum atomic E-state index is 10.6. The van der Waals surface area contributed by atoms with E-state index < -0.39 is 18.1 Å². The first-order chi connectivity index (χ1) is 6.57. The molecule has 0 saturated heterocycles. The zero-order valence-electron chi connectivity index (χ0n) is 8.16. The van der Waals surface area contributed by atoms with Crippen LogP contribution in [0.3, 0.4) is 0 Å². The van der Waals surface area contributed by atoms with Gasteiger partial charge in [0.25, 0.3) is 0 Å². The van der Waals surface area contributed by atoms with Gasteiger partial charge < -0.3 is 20.9 Å². The zero-order chi connectivity index (χ0) is 11.0. The molecule has 6 nitrogen and oxygen atoms in total. The Morgan fingerprint density at radius 3 is 2.64 bits per heavy atom. The van der Waals surface area contributed by atoms with Crippen molar-refractivity contribution < 1.29 is 19.4 Å². The van der Waals surface area contributed by atoms with E-state index in [1.165, 1.54) is 7.11 Å². The Balaban J connectivity index is 3.30. The Morgan fingerprint density at radius 1 is 1.50 bits per heavy atom. The van der Waals surface area contributed by atoms with E-state index in [9.17, 15) is 9.59 Å². The second kappa shape index (κ2) is 7.14. The number of unbranched alkanes of at least 4 members (excludes halogenated alkanes) is 1. The summed E-state index contributed by atoms with van der Waals surface area (Å²) >= 11 is 0. The summed E-state index contributed by atoms with van der Waals surface area (Å²) in [5, 5.41) is 10.9. The van der Waals surface area contributed by atoms with Crippen molar-refractivity contribution in [1.82, 2.24) is 5.32 Å². The van der Waals surface area contributed by atoms with Crippen LogP contribution in [0.2, 0.25) is 0 Å². The lowest BCUT2D eigenvalue weighted by Crippen LogP contribution is -2.30. The first-order valence-electron chi connectivity index (χ1n) is 4.38. The normalized spacial score (nSPS) is 11.9. The Morgan fingerprint density at radius 2 is 2.14 bits per heavy atom. The van der Waals surface area contributed by atoms with E-state index in [-0.39, 0.29) is 0 Å². The number of hydrogen-bond acceptors (Lipinski definition) is 4. The highest BCUT2D eigenvalue weighted by molar-refractivity contribution is 5.72. The maximum Gasteiger partial charge on any atom is 0.406 e. The van der Waals surface area contributed by atoms with E-state index in [0.717, 1.165) is 0 Å². The van der Waals surface area contributed by atoms with Crippen LogP contribution < -0.4 is 11.1 Å². The zero-order valence-corrected chi connectivity index (χ0v) is 8.16. The van der Waals surface area contributed by atoms with Gasteiger partial charge in [-0.1, -0.05) is 0 Å². The average Bonchev–Trinajstić information content (AvgIpc) is 2.16. The average molecular weight is 204 g/mol. The summed E-state index contributed by atoms with van der Waals surface area (Å²) in [5.41, 5.74) is 5.27. The molecule has 0 aromatic heterocycles. The smallest absolute Gasteiger partial charge is 0.406 e. The van der Waals surface area contributed by atoms with E-state index in [2.05, 4.69) is 10.1 Å².